The molecule has 4 rings (SSSR count). The number of hydrazone groups is 1. The highest BCUT2D eigenvalue weighted by Gasteiger charge is 2.33. The highest BCUT2D eigenvalue weighted by atomic mass is 16.5. The third-order valence-corrected chi connectivity index (χ3v) is 5.02. The number of hydrogen-bond acceptors (Lipinski definition) is 4. The number of aromatic nitrogens is 1. The first kappa shape index (κ1) is 18.0. The van der Waals surface area contributed by atoms with Crippen LogP contribution in [0.3, 0.4) is 0 Å². The Labute approximate surface area is 162 Å². The number of carbonyl (C=O) groups excluding carboxylic acids is 1. The number of nitrogens with zero attached hydrogens (tertiary/aromatic N) is 2. The van der Waals surface area contributed by atoms with Gasteiger partial charge in [-0.05, 0) is 23.1 Å². The van der Waals surface area contributed by atoms with Gasteiger partial charge in [0.15, 0.2) is 0 Å². The highest BCUT2D eigenvalue weighted by Crippen LogP contribution is 2.34. The Morgan fingerprint density at radius 1 is 1.21 bits per heavy atom. The summed E-state index contributed by atoms with van der Waals surface area (Å²) in [6.07, 6.45) is 0.886. The van der Waals surface area contributed by atoms with Crippen molar-refractivity contribution < 1.29 is 9.53 Å². The second kappa shape index (κ2) is 7.31. The van der Waals surface area contributed by atoms with Gasteiger partial charge in [-0.1, -0.05) is 43.3 Å². The summed E-state index contributed by atoms with van der Waals surface area (Å²) in [4.78, 5) is 27.6. The van der Waals surface area contributed by atoms with Gasteiger partial charge in [-0.15, -0.1) is 0 Å². The van der Waals surface area contributed by atoms with Crippen LogP contribution in [0.2, 0.25) is 0 Å². The van der Waals surface area contributed by atoms with Gasteiger partial charge in [-0.3, -0.25) is 9.59 Å². The van der Waals surface area contributed by atoms with Gasteiger partial charge in [-0.2, -0.15) is 5.10 Å². The molecule has 0 spiro atoms. The van der Waals surface area contributed by atoms with Gasteiger partial charge in [0, 0.05) is 24.3 Å². The maximum Gasteiger partial charge on any atom is 0.249 e. The van der Waals surface area contributed by atoms with Crippen molar-refractivity contribution in [3.8, 4) is 5.75 Å². The van der Waals surface area contributed by atoms with Crippen molar-refractivity contribution in [3.05, 3.63) is 76.2 Å². The van der Waals surface area contributed by atoms with Crippen LogP contribution >= 0.6 is 0 Å². The Bertz CT molecular complexity index is 1120. The summed E-state index contributed by atoms with van der Waals surface area (Å²) in [5, 5.41) is 7.93. The van der Waals surface area contributed by atoms with Crippen LogP contribution in [0.5, 0.6) is 5.75 Å². The number of amides is 1. The number of benzene rings is 2. The zero-order chi connectivity index (χ0) is 19.7. The maximum atomic E-state index is 12.6. The van der Waals surface area contributed by atoms with Gasteiger partial charge in [0.25, 0.3) is 0 Å². The first-order chi connectivity index (χ1) is 13.6. The van der Waals surface area contributed by atoms with Crippen molar-refractivity contribution in [2.24, 2.45) is 5.10 Å². The summed E-state index contributed by atoms with van der Waals surface area (Å²) in [5.41, 5.74) is 2.17. The zero-order valence-corrected chi connectivity index (χ0v) is 15.8. The summed E-state index contributed by atoms with van der Waals surface area (Å²) in [7, 11) is 1.62. The molecule has 1 amide bonds. The first-order valence-corrected chi connectivity index (χ1v) is 9.26. The van der Waals surface area contributed by atoms with E-state index in [4.69, 9.17) is 4.74 Å². The molecule has 2 aromatic carbocycles. The molecule has 3 aromatic rings. The lowest BCUT2D eigenvalue weighted by atomic mass is 9.98. The monoisotopic (exact) mass is 375 g/mol. The second-order valence-corrected chi connectivity index (χ2v) is 6.73. The molecule has 6 nitrogen and oxygen atoms in total. The van der Waals surface area contributed by atoms with E-state index < -0.39 is 0 Å². The number of nitrogens with one attached hydrogen (secondary N) is 1. The largest absolute Gasteiger partial charge is 0.497 e. The summed E-state index contributed by atoms with van der Waals surface area (Å²) in [6.45, 7) is 1.82. The summed E-state index contributed by atoms with van der Waals surface area (Å²) >= 11 is 0. The third-order valence-electron chi connectivity index (χ3n) is 5.02. The molecule has 28 heavy (non-hydrogen) atoms. The molecular weight excluding hydrogens is 354 g/mol. The Balaban J connectivity index is 1.79. The number of aromatic amines is 1. The molecule has 1 unspecified atom stereocenters. The van der Waals surface area contributed by atoms with Gasteiger partial charge in [0.2, 0.25) is 11.5 Å². The van der Waals surface area contributed by atoms with E-state index in [9.17, 15) is 9.59 Å². The minimum Gasteiger partial charge on any atom is -0.497 e. The lowest BCUT2D eigenvalue weighted by Crippen LogP contribution is -2.26. The SMILES string of the molecule is CCC(=O)N1N=C(c2[nH]c(=O)cc3ccccc23)CC1c1ccc(OC)cc1. The molecule has 1 aliphatic rings. The van der Waals surface area contributed by atoms with Crippen molar-refractivity contribution >= 4 is 22.4 Å². The van der Waals surface area contributed by atoms with Crippen LogP contribution in [-0.4, -0.2) is 28.7 Å². The van der Waals surface area contributed by atoms with Gasteiger partial charge in [0.1, 0.15) is 5.75 Å². The van der Waals surface area contributed by atoms with Gasteiger partial charge < -0.3 is 9.72 Å². The molecule has 0 bridgehead atoms. The van der Waals surface area contributed by atoms with Crippen molar-refractivity contribution in [3.63, 3.8) is 0 Å². The van der Waals surface area contributed by atoms with Crippen LogP contribution in [0.15, 0.2) is 64.5 Å². The Morgan fingerprint density at radius 2 is 1.96 bits per heavy atom. The molecule has 6 heteroatoms. The van der Waals surface area contributed by atoms with E-state index in [1.54, 1.807) is 13.2 Å². The van der Waals surface area contributed by atoms with E-state index in [1.165, 1.54) is 5.01 Å². The summed E-state index contributed by atoms with van der Waals surface area (Å²) in [5.74, 6) is 0.702. The third kappa shape index (κ3) is 3.17. The Morgan fingerprint density at radius 3 is 2.68 bits per heavy atom. The van der Waals surface area contributed by atoms with Crippen LogP contribution in [0.4, 0.5) is 0 Å². The van der Waals surface area contributed by atoms with E-state index in [2.05, 4.69) is 10.1 Å². The molecule has 2 heterocycles. The van der Waals surface area contributed by atoms with Crippen LogP contribution in [0, 0.1) is 0 Å². The van der Waals surface area contributed by atoms with E-state index in [0.717, 1.165) is 22.1 Å². The molecule has 0 fully saturated rings. The number of pyridine rings is 1. The Kier molecular flexibility index (Phi) is 4.69. The fourth-order valence-corrected chi connectivity index (χ4v) is 3.58. The molecule has 1 aromatic heterocycles. The number of fused-ring (bicyclic) bond motifs is 1. The molecule has 142 valence electrons. The molecule has 0 saturated heterocycles. The molecule has 0 saturated carbocycles. The highest BCUT2D eigenvalue weighted by molar-refractivity contribution is 6.10. The topological polar surface area (TPSA) is 74.8 Å². The fourth-order valence-electron chi connectivity index (χ4n) is 3.58. The number of rotatable bonds is 4. The van der Waals surface area contributed by atoms with Crippen molar-refractivity contribution in [1.82, 2.24) is 9.99 Å². The molecule has 0 radical (unpaired) electrons. The van der Waals surface area contributed by atoms with E-state index >= 15 is 0 Å². The lowest BCUT2D eigenvalue weighted by Gasteiger charge is -2.21. The quantitative estimate of drug-likeness (QED) is 0.757. The van der Waals surface area contributed by atoms with Crippen molar-refractivity contribution in [2.75, 3.05) is 7.11 Å². The number of carbonyl (C=O) groups is 1. The Hall–Kier alpha value is -3.41. The van der Waals surface area contributed by atoms with Crippen LogP contribution < -0.4 is 10.3 Å². The van der Waals surface area contributed by atoms with Crippen molar-refractivity contribution in [2.45, 2.75) is 25.8 Å². The van der Waals surface area contributed by atoms with Gasteiger partial charge in [-0.25, -0.2) is 5.01 Å². The van der Waals surface area contributed by atoms with E-state index in [0.29, 0.717) is 24.2 Å². The number of H-pyrrole nitrogens is 1. The lowest BCUT2D eigenvalue weighted by molar-refractivity contribution is -0.132. The van der Waals surface area contributed by atoms with Crippen LogP contribution in [0.1, 0.15) is 37.1 Å². The number of hydrogen-bond donors (Lipinski definition) is 1. The summed E-state index contributed by atoms with van der Waals surface area (Å²) < 4.78 is 5.23. The molecule has 0 aliphatic carbocycles. The van der Waals surface area contributed by atoms with Gasteiger partial charge in [0.05, 0.1) is 24.6 Å². The predicted octanol–water partition coefficient (Wildman–Crippen LogP) is 3.62. The fraction of sp³-hybridized carbons (Fsp3) is 0.227. The molecule has 1 aliphatic heterocycles. The maximum absolute atomic E-state index is 12.6. The number of ether oxygens (including phenoxy) is 1. The normalized spacial score (nSPS) is 16.3. The van der Waals surface area contributed by atoms with E-state index in [-0.39, 0.29) is 17.5 Å². The number of methoxy groups -OCH3 is 1. The smallest absolute Gasteiger partial charge is 0.249 e. The first-order valence-electron chi connectivity index (χ1n) is 9.26. The average molecular weight is 375 g/mol. The predicted molar refractivity (Wildman–Crippen MR) is 109 cm³/mol. The van der Waals surface area contributed by atoms with Crippen molar-refractivity contribution in [1.29, 1.82) is 0 Å². The van der Waals surface area contributed by atoms with E-state index in [1.807, 2.05) is 55.5 Å². The van der Waals surface area contributed by atoms with Crippen LogP contribution in [-0.2, 0) is 4.79 Å². The molecular formula is C22H21N3O3. The van der Waals surface area contributed by atoms with Crippen LogP contribution in [0.25, 0.3) is 10.8 Å². The minimum absolute atomic E-state index is 0.0570. The zero-order valence-electron chi connectivity index (χ0n) is 15.8. The summed E-state index contributed by atoms with van der Waals surface area (Å²) in [6, 6.07) is 16.7. The molecule has 1 atom stereocenters. The second-order valence-electron chi connectivity index (χ2n) is 6.73. The average Bonchev–Trinajstić information content (AvgIpc) is 3.18. The molecule has 1 N–H and O–H groups in total. The standard InChI is InChI=1S/C22H21N3O3/c1-3-21(27)25-19(14-8-10-16(28-2)11-9-14)13-18(24-25)22-17-7-5-4-6-15(17)12-20(26)23-22/h4-12,19H,3,13H2,1-2H3,(H,23,26). The van der Waals surface area contributed by atoms with Gasteiger partial charge >= 0.3 is 0 Å². The minimum atomic E-state index is -0.212.